The summed E-state index contributed by atoms with van der Waals surface area (Å²) in [6.07, 6.45) is 0. The highest BCUT2D eigenvalue weighted by Gasteiger charge is 2.25. The minimum absolute atomic E-state index is 0.0917. The lowest BCUT2D eigenvalue weighted by Crippen LogP contribution is -2.48. The molecular formula is C19H19ClF2N2O2. The third-order valence-corrected chi connectivity index (χ3v) is 4.71. The second-order valence-corrected chi connectivity index (χ2v) is 6.44. The van der Waals surface area contributed by atoms with Crippen molar-refractivity contribution < 1.29 is 18.3 Å². The van der Waals surface area contributed by atoms with E-state index in [1.54, 1.807) is 17.0 Å². The lowest BCUT2D eigenvalue weighted by Gasteiger charge is -2.35. The SMILES string of the molecule is O=C(c1ccccc1OC(F)F)N1CCN(Cc2ccccc2Cl)CC1. The molecule has 2 aromatic carbocycles. The van der Waals surface area contributed by atoms with Gasteiger partial charge >= 0.3 is 6.61 Å². The van der Waals surface area contributed by atoms with Gasteiger partial charge < -0.3 is 9.64 Å². The standard InChI is InChI=1S/C19H19ClF2N2O2/c20-16-7-3-1-5-14(16)13-23-9-11-24(12-10-23)18(25)15-6-2-4-8-17(15)26-19(21)22/h1-8,19H,9-13H2. The Labute approximate surface area is 155 Å². The summed E-state index contributed by atoms with van der Waals surface area (Å²) in [5, 5.41) is 0.726. The van der Waals surface area contributed by atoms with Gasteiger partial charge in [0.2, 0.25) is 0 Å². The second-order valence-electron chi connectivity index (χ2n) is 6.03. The number of hydrogen-bond acceptors (Lipinski definition) is 3. The summed E-state index contributed by atoms with van der Waals surface area (Å²) in [4.78, 5) is 16.6. The van der Waals surface area contributed by atoms with E-state index in [0.717, 1.165) is 10.6 Å². The maximum absolute atomic E-state index is 12.7. The molecule has 1 heterocycles. The van der Waals surface area contributed by atoms with Crippen LogP contribution in [0.15, 0.2) is 48.5 Å². The van der Waals surface area contributed by atoms with Crippen LogP contribution in [0.25, 0.3) is 0 Å². The molecule has 4 nitrogen and oxygen atoms in total. The first-order valence-electron chi connectivity index (χ1n) is 8.33. The summed E-state index contributed by atoms with van der Waals surface area (Å²) in [5.74, 6) is -0.385. The van der Waals surface area contributed by atoms with E-state index < -0.39 is 6.61 Å². The predicted molar refractivity (Wildman–Crippen MR) is 95.7 cm³/mol. The number of amides is 1. The van der Waals surface area contributed by atoms with Gasteiger partial charge in [0.05, 0.1) is 5.56 Å². The highest BCUT2D eigenvalue weighted by Crippen LogP contribution is 2.23. The Balaban J connectivity index is 1.61. The molecule has 1 fully saturated rings. The van der Waals surface area contributed by atoms with Crippen LogP contribution in [0.2, 0.25) is 5.02 Å². The fourth-order valence-corrected chi connectivity index (χ4v) is 3.18. The summed E-state index contributed by atoms with van der Waals surface area (Å²) in [7, 11) is 0. The lowest BCUT2D eigenvalue weighted by atomic mass is 10.1. The number of carbonyl (C=O) groups excluding carboxylic acids is 1. The first-order valence-corrected chi connectivity index (χ1v) is 8.71. The Morgan fingerprint density at radius 3 is 2.38 bits per heavy atom. The maximum Gasteiger partial charge on any atom is 0.387 e. The molecule has 2 aromatic rings. The smallest absolute Gasteiger partial charge is 0.387 e. The highest BCUT2D eigenvalue weighted by molar-refractivity contribution is 6.31. The molecule has 0 spiro atoms. The Kier molecular flexibility index (Phi) is 6.06. The number of benzene rings is 2. The molecule has 0 aromatic heterocycles. The molecular weight excluding hydrogens is 362 g/mol. The van der Waals surface area contributed by atoms with E-state index >= 15 is 0 Å². The fraction of sp³-hybridized carbons (Fsp3) is 0.316. The molecule has 3 rings (SSSR count). The van der Waals surface area contributed by atoms with Crippen LogP contribution >= 0.6 is 11.6 Å². The largest absolute Gasteiger partial charge is 0.434 e. The minimum atomic E-state index is -2.96. The average molecular weight is 381 g/mol. The van der Waals surface area contributed by atoms with Crippen molar-refractivity contribution in [2.24, 2.45) is 0 Å². The molecule has 7 heteroatoms. The van der Waals surface area contributed by atoms with Crippen LogP contribution in [0.5, 0.6) is 5.75 Å². The summed E-state index contributed by atoms with van der Waals surface area (Å²) >= 11 is 6.20. The van der Waals surface area contributed by atoms with Crippen LogP contribution in [0, 0.1) is 0 Å². The van der Waals surface area contributed by atoms with E-state index in [-0.39, 0.29) is 17.2 Å². The monoisotopic (exact) mass is 380 g/mol. The van der Waals surface area contributed by atoms with Crippen molar-refractivity contribution in [3.63, 3.8) is 0 Å². The Bertz CT molecular complexity index is 765. The van der Waals surface area contributed by atoms with Crippen molar-refractivity contribution in [2.75, 3.05) is 26.2 Å². The van der Waals surface area contributed by atoms with E-state index in [2.05, 4.69) is 9.64 Å². The van der Waals surface area contributed by atoms with Crippen molar-refractivity contribution in [3.8, 4) is 5.75 Å². The van der Waals surface area contributed by atoms with E-state index in [1.165, 1.54) is 12.1 Å². The van der Waals surface area contributed by atoms with Gasteiger partial charge in [0.1, 0.15) is 5.75 Å². The second kappa shape index (κ2) is 8.47. The van der Waals surface area contributed by atoms with Gasteiger partial charge in [-0.15, -0.1) is 0 Å². The van der Waals surface area contributed by atoms with E-state index in [1.807, 2.05) is 24.3 Å². The first kappa shape index (κ1) is 18.6. The van der Waals surface area contributed by atoms with E-state index in [4.69, 9.17) is 11.6 Å². The van der Waals surface area contributed by atoms with Crippen molar-refractivity contribution in [2.45, 2.75) is 13.2 Å². The molecule has 0 aliphatic carbocycles. The number of carbonyl (C=O) groups is 1. The zero-order valence-electron chi connectivity index (χ0n) is 14.1. The van der Waals surface area contributed by atoms with Gasteiger partial charge in [-0.25, -0.2) is 0 Å². The molecule has 1 aliphatic heterocycles. The van der Waals surface area contributed by atoms with Crippen molar-refractivity contribution >= 4 is 17.5 Å². The van der Waals surface area contributed by atoms with Crippen LogP contribution < -0.4 is 4.74 Å². The van der Waals surface area contributed by atoms with Crippen molar-refractivity contribution in [3.05, 3.63) is 64.7 Å². The van der Waals surface area contributed by atoms with Crippen LogP contribution in [0.1, 0.15) is 15.9 Å². The van der Waals surface area contributed by atoms with Crippen molar-refractivity contribution in [1.82, 2.24) is 9.80 Å². The predicted octanol–water partition coefficient (Wildman–Crippen LogP) is 3.90. The normalized spacial score (nSPS) is 15.3. The first-order chi connectivity index (χ1) is 12.5. The number of halogens is 3. The number of hydrogen-bond donors (Lipinski definition) is 0. The minimum Gasteiger partial charge on any atom is -0.434 e. The maximum atomic E-state index is 12.7. The molecule has 0 radical (unpaired) electrons. The molecule has 1 amide bonds. The van der Waals surface area contributed by atoms with Gasteiger partial charge in [-0.3, -0.25) is 9.69 Å². The molecule has 1 aliphatic rings. The number of ether oxygens (including phenoxy) is 1. The van der Waals surface area contributed by atoms with Crippen LogP contribution in [0.4, 0.5) is 8.78 Å². The lowest BCUT2D eigenvalue weighted by molar-refractivity contribution is -0.0503. The third kappa shape index (κ3) is 4.51. The van der Waals surface area contributed by atoms with E-state index in [0.29, 0.717) is 32.7 Å². The summed E-state index contributed by atoms with van der Waals surface area (Å²) < 4.78 is 29.5. The Morgan fingerprint density at radius 2 is 1.69 bits per heavy atom. The van der Waals surface area contributed by atoms with E-state index in [9.17, 15) is 13.6 Å². The Morgan fingerprint density at radius 1 is 1.04 bits per heavy atom. The zero-order valence-corrected chi connectivity index (χ0v) is 14.8. The van der Waals surface area contributed by atoms with Gasteiger partial charge in [-0.05, 0) is 23.8 Å². The number of para-hydroxylation sites is 1. The topological polar surface area (TPSA) is 32.8 Å². The highest BCUT2D eigenvalue weighted by atomic mass is 35.5. The third-order valence-electron chi connectivity index (χ3n) is 4.34. The zero-order chi connectivity index (χ0) is 18.5. The number of rotatable bonds is 5. The van der Waals surface area contributed by atoms with Gasteiger partial charge in [-0.1, -0.05) is 41.9 Å². The molecule has 138 valence electrons. The number of alkyl halides is 2. The fourth-order valence-electron chi connectivity index (χ4n) is 2.99. The molecule has 0 N–H and O–H groups in total. The molecule has 0 atom stereocenters. The summed E-state index contributed by atoms with van der Waals surface area (Å²) in [6.45, 7) is 0.172. The molecule has 0 saturated carbocycles. The molecule has 26 heavy (non-hydrogen) atoms. The molecule has 1 saturated heterocycles. The summed E-state index contributed by atoms with van der Waals surface area (Å²) in [6, 6.07) is 13.8. The van der Waals surface area contributed by atoms with Gasteiger partial charge in [0.15, 0.2) is 0 Å². The van der Waals surface area contributed by atoms with Crippen LogP contribution in [-0.2, 0) is 6.54 Å². The van der Waals surface area contributed by atoms with Crippen molar-refractivity contribution in [1.29, 1.82) is 0 Å². The quantitative estimate of drug-likeness (QED) is 0.788. The van der Waals surface area contributed by atoms with Gasteiger partial charge in [-0.2, -0.15) is 8.78 Å². The van der Waals surface area contributed by atoms with Crippen LogP contribution in [0.3, 0.4) is 0 Å². The van der Waals surface area contributed by atoms with Gasteiger partial charge in [0.25, 0.3) is 5.91 Å². The summed E-state index contributed by atoms with van der Waals surface area (Å²) in [5.41, 5.74) is 1.21. The average Bonchev–Trinajstić information content (AvgIpc) is 2.64. The number of piperazine rings is 1. The molecule has 0 bridgehead atoms. The van der Waals surface area contributed by atoms with Crippen LogP contribution in [-0.4, -0.2) is 48.5 Å². The molecule has 0 unspecified atom stereocenters. The van der Waals surface area contributed by atoms with Gasteiger partial charge in [0, 0.05) is 37.7 Å². The number of nitrogens with zero attached hydrogens (tertiary/aromatic N) is 2. The Hall–Kier alpha value is -2.18.